The van der Waals surface area contributed by atoms with Crippen molar-refractivity contribution >= 4 is 121 Å². The number of rotatable bonds is 14. The van der Waals surface area contributed by atoms with Gasteiger partial charge < -0.3 is 30.1 Å². The summed E-state index contributed by atoms with van der Waals surface area (Å²) in [5.41, 5.74) is 23.0. The van der Waals surface area contributed by atoms with Crippen LogP contribution in [-0.2, 0) is 0 Å². The van der Waals surface area contributed by atoms with Crippen molar-refractivity contribution in [2.24, 2.45) is 9.98 Å². The first-order chi connectivity index (χ1) is 52.9. The SMILES string of the molecule is c1ccc(-c2cccc(Nc3cccc(-c4ccc(-c5cccc6c5=NCN=6)cc4)c3)c2)cc1.c1ccc(Nc2cccc(-c3nc4ccccc4o3)c2)cc1.c1ccc(Nc2cccc(-c3nc4ccccc4s3)c2)cc1.c1ccc2oc(-c3ccc(Nc4ccc5sc6ccccc6c5c4)cc3)nc2c1. The van der Waals surface area contributed by atoms with Gasteiger partial charge in [0, 0.05) is 87.9 Å². The van der Waals surface area contributed by atoms with Crippen LogP contribution in [-0.4, -0.2) is 21.6 Å². The van der Waals surface area contributed by atoms with Crippen molar-refractivity contribution in [3.05, 3.63) is 381 Å². The van der Waals surface area contributed by atoms with Crippen molar-refractivity contribution in [3.63, 3.8) is 0 Å². The second kappa shape index (κ2) is 31.0. The first-order valence-corrected chi connectivity index (χ1v) is 36.9. The smallest absolute Gasteiger partial charge is 0.227 e. The van der Waals surface area contributed by atoms with E-state index in [1.807, 2.05) is 169 Å². The second-order valence-electron chi connectivity index (χ2n) is 25.5. The molecule has 4 aromatic heterocycles. The topological polar surface area (TPSA) is 138 Å². The fraction of sp³-hybridized carbons (Fsp3) is 0.0106. The quantitative estimate of drug-likeness (QED) is 0.0838. The summed E-state index contributed by atoms with van der Waals surface area (Å²) in [7, 11) is 0. The van der Waals surface area contributed by atoms with E-state index in [4.69, 9.17) is 13.8 Å². The molecule has 512 valence electrons. The normalized spacial score (nSPS) is 11.3. The van der Waals surface area contributed by atoms with Gasteiger partial charge in [-0.15, -0.1) is 22.7 Å². The predicted octanol–water partition coefficient (Wildman–Crippen LogP) is 25.2. The molecule has 0 saturated heterocycles. The molecule has 11 nitrogen and oxygen atoms in total. The van der Waals surface area contributed by atoms with E-state index in [-0.39, 0.29) is 0 Å². The lowest BCUT2D eigenvalue weighted by molar-refractivity contribution is 0.619. The average molecular weight is 1420 g/mol. The number of aromatic nitrogens is 3. The van der Waals surface area contributed by atoms with Crippen LogP contribution >= 0.6 is 22.7 Å². The van der Waals surface area contributed by atoms with Crippen LogP contribution in [0.15, 0.2) is 389 Å². The van der Waals surface area contributed by atoms with Gasteiger partial charge in [0.15, 0.2) is 11.2 Å². The van der Waals surface area contributed by atoms with E-state index in [0.717, 1.165) is 117 Å². The molecule has 0 fully saturated rings. The van der Waals surface area contributed by atoms with E-state index in [1.165, 1.54) is 47.1 Å². The second-order valence-corrected chi connectivity index (χ2v) is 27.6. The molecule has 0 radical (unpaired) electrons. The number of anilines is 8. The predicted molar refractivity (Wildman–Crippen MR) is 446 cm³/mol. The van der Waals surface area contributed by atoms with Crippen molar-refractivity contribution in [3.8, 4) is 66.9 Å². The fourth-order valence-corrected chi connectivity index (χ4v) is 15.0. The zero-order valence-electron chi connectivity index (χ0n) is 57.8. The molecule has 0 unspecified atom stereocenters. The standard InChI is InChI=1S/C31H23N3.C25H16N2OS.C19H14N2O.C19H14N2S/c1-2-7-22(8-3-1)25-9-4-11-27(19-25)34-28-12-5-10-26(20-28)23-15-17-24(18-16-23)29-13-6-14-30-31(29)33-21-32-30;1-4-8-23-19(5-1)20-15-18(13-14-24(20)29-23)26-17-11-9-16(10-12-17)25-27-21-6-2-3-7-22(21)28-25;2*1-2-8-15(9-3-1)20-16-10-6-7-14(13-16)19-21-17-11-4-5-12-18(17)22-19/h1-20,34H,21H2;1-15,26H;2*1-13,20H. The Morgan fingerprint density at radius 3 is 1.29 bits per heavy atom. The summed E-state index contributed by atoms with van der Waals surface area (Å²) in [5.74, 6) is 1.28. The molecule has 4 N–H and O–H groups in total. The van der Waals surface area contributed by atoms with Gasteiger partial charge in [-0.3, -0.25) is 9.98 Å². The van der Waals surface area contributed by atoms with Crippen LogP contribution in [0.5, 0.6) is 0 Å². The Bertz CT molecular complexity index is 6180. The summed E-state index contributed by atoms with van der Waals surface area (Å²) in [6, 6.07) is 126. The molecule has 1 aliphatic heterocycles. The van der Waals surface area contributed by atoms with Crippen LogP contribution < -0.4 is 32.0 Å². The first-order valence-electron chi connectivity index (χ1n) is 35.3. The first kappa shape index (κ1) is 66.4. The molecule has 0 bridgehead atoms. The molecule has 0 saturated carbocycles. The molecule has 107 heavy (non-hydrogen) atoms. The molecule has 15 aromatic carbocycles. The van der Waals surface area contributed by atoms with Gasteiger partial charge in [-0.2, -0.15) is 0 Å². The van der Waals surface area contributed by atoms with E-state index in [2.05, 4.69) is 254 Å². The molecule has 19 aromatic rings. The minimum Gasteiger partial charge on any atom is -0.436 e. The number of oxazole rings is 2. The Morgan fingerprint density at radius 1 is 0.252 bits per heavy atom. The van der Waals surface area contributed by atoms with Gasteiger partial charge in [0.2, 0.25) is 11.8 Å². The Labute approximate surface area is 625 Å². The van der Waals surface area contributed by atoms with Gasteiger partial charge in [-0.25, -0.2) is 15.0 Å². The Kier molecular flexibility index (Phi) is 19.2. The maximum absolute atomic E-state index is 5.86. The van der Waals surface area contributed by atoms with Crippen LogP contribution in [0.2, 0.25) is 0 Å². The van der Waals surface area contributed by atoms with Crippen molar-refractivity contribution in [1.29, 1.82) is 0 Å². The summed E-state index contributed by atoms with van der Waals surface area (Å²) in [5, 5.41) is 19.5. The number of thiazole rings is 1. The van der Waals surface area contributed by atoms with Crippen molar-refractivity contribution in [1.82, 2.24) is 15.0 Å². The van der Waals surface area contributed by atoms with Crippen LogP contribution in [0, 0.1) is 0 Å². The molecular formula is C94H67N9O2S2. The fourth-order valence-electron chi connectivity index (χ4n) is 12.9. The van der Waals surface area contributed by atoms with E-state index < -0.39 is 0 Å². The highest BCUT2D eigenvalue weighted by Gasteiger charge is 2.14. The maximum atomic E-state index is 5.86. The van der Waals surface area contributed by atoms with Crippen LogP contribution in [0.1, 0.15) is 0 Å². The summed E-state index contributed by atoms with van der Waals surface area (Å²) in [6.07, 6.45) is 0. The molecule has 1 aliphatic rings. The number of nitrogens with zero attached hydrogens (tertiary/aromatic N) is 5. The molecule has 13 heteroatoms. The number of hydrogen-bond donors (Lipinski definition) is 4. The lowest BCUT2D eigenvalue weighted by Crippen LogP contribution is -2.23. The van der Waals surface area contributed by atoms with Crippen molar-refractivity contribution in [2.75, 3.05) is 27.9 Å². The van der Waals surface area contributed by atoms with Gasteiger partial charge in [0.25, 0.3) is 0 Å². The van der Waals surface area contributed by atoms with Crippen LogP contribution in [0.25, 0.3) is 119 Å². The number of para-hydroxylation sites is 8. The van der Waals surface area contributed by atoms with Gasteiger partial charge in [0.05, 0.1) is 20.9 Å². The highest BCUT2D eigenvalue weighted by Crippen LogP contribution is 2.38. The molecule has 0 spiro atoms. The minimum atomic E-state index is 0.526. The number of benzene rings is 15. The molecular weight excluding hydrogens is 1350 g/mol. The average Bonchev–Trinajstić information content (AvgIpc) is 1.68. The highest BCUT2D eigenvalue weighted by atomic mass is 32.1. The number of hydrogen-bond acceptors (Lipinski definition) is 13. The van der Waals surface area contributed by atoms with E-state index in [0.29, 0.717) is 18.5 Å². The van der Waals surface area contributed by atoms with Crippen LogP contribution in [0.4, 0.5) is 45.5 Å². The number of fused-ring (bicyclic) bond motifs is 7. The molecule has 0 aliphatic carbocycles. The molecule has 0 atom stereocenters. The highest BCUT2D eigenvalue weighted by molar-refractivity contribution is 7.25. The maximum Gasteiger partial charge on any atom is 0.227 e. The molecule has 0 amide bonds. The van der Waals surface area contributed by atoms with Gasteiger partial charge in [0.1, 0.15) is 22.7 Å². The van der Waals surface area contributed by atoms with Gasteiger partial charge >= 0.3 is 0 Å². The Hall–Kier alpha value is -13.9. The van der Waals surface area contributed by atoms with E-state index in [1.54, 1.807) is 11.3 Å². The lowest BCUT2D eigenvalue weighted by Gasteiger charge is -2.11. The summed E-state index contributed by atoms with van der Waals surface area (Å²) in [6.45, 7) is 0.526. The molecule has 5 heterocycles. The van der Waals surface area contributed by atoms with Crippen molar-refractivity contribution in [2.45, 2.75) is 0 Å². The van der Waals surface area contributed by atoms with Gasteiger partial charge in [-0.05, 0) is 198 Å². The van der Waals surface area contributed by atoms with E-state index >= 15 is 0 Å². The summed E-state index contributed by atoms with van der Waals surface area (Å²) >= 11 is 3.56. The van der Waals surface area contributed by atoms with Crippen LogP contribution in [0.3, 0.4) is 0 Å². The third-order valence-electron chi connectivity index (χ3n) is 18.2. The van der Waals surface area contributed by atoms with Gasteiger partial charge in [-0.1, -0.05) is 200 Å². The van der Waals surface area contributed by atoms with E-state index in [9.17, 15) is 0 Å². The molecule has 20 rings (SSSR count). The minimum absolute atomic E-state index is 0.526. The third kappa shape index (κ3) is 15.6. The largest absolute Gasteiger partial charge is 0.436 e. The lowest BCUT2D eigenvalue weighted by atomic mass is 9.99. The summed E-state index contributed by atoms with van der Waals surface area (Å²) < 4.78 is 15.5. The Balaban J connectivity index is 0.000000106. The Morgan fingerprint density at radius 2 is 0.673 bits per heavy atom. The number of thiophene rings is 1. The van der Waals surface area contributed by atoms with Crippen molar-refractivity contribution < 1.29 is 8.83 Å². The zero-order chi connectivity index (χ0) is 71.5. The third-order valence-corrected chi connectivity index (χ3v) is 20.4. The monoisotopic (exact) mass is 1420 g/mol. The summed E-state index contributed by atoms with van der Waals surface area (Å²) in [4.78, 5) is 22.8. The zero-order valence-corrected chi connectivity index (χ0v) is 59.4. The number of nitrogens with one attached hydrogen (secondary N) is 4.